The van der Waals surface area contributed by atoms with Crippen molar-refractivity contribution in [2.24, 2.45) is 0 Å². The van der Waals surface area contributed by atoms with Crippen molar-refractivity contribution in [1.82, 2.24) is 9.97 Å². The predicted octanol–water partition coefficient (Wildman–Crippen LogP) is 6.82. The summed E-state index contributed by atoms with van der Waals surface area (Å²) in [6, 6.07) is 8.78. The number of carbonyl (C=O) groups excluding carboxylic acids is 1. The van der Waals surface area contributed by atoms with Gasteiger partial charge in [-0.3, -0.25) is 5.32 Å². The molecule has 0 saturated carbocycles. The second-order valence-corrected chi connectivity index (χ2v) is 8.01. The van der Waals surface area contributed by atoms with E-state index < -0.39 is 29.6 Å². The molecule has 12 heteroatoms. The lowest BCUT2D eigenvalue weighted by molar-refractivity contribution is 0.119. The van der Waals surface area contributed by atoms with Crippen LogP contribution in [0, 0.1) is 17.5 Å². The number of ether oxygens (including phenoxy) is 4. The van der Waals surface area contributed by atoms with Gasteiger partial charge in [0.1, 0.15) is 24.0 Å². The van der Waals surface area contributed by atoms with Crippen LogP contribution in [-0.2, 0) is 4.74 Å². The number of amides is 1. The summed E-state index contributed by atoms with van der Waals surface area (Å²) in [6.07, 6.45) is -0.873. The van der Waals surface area contributed by atoms with Gasteiger partial charge in [-0.1, -0.05) is 11.6 Å². The maximum absolute atomic E-state index is 13.9. The third-order valence-corrected chi connectivity index (χ3v) is 5.57. The van der Waals surface area contributed by atoms with E-state index in [2.05, 4.69) is 15.3 Å². The number of benzene rings is 3. The standard InChI is InChI=1S/C25H19ClF3N3O5/c1-12(14-7-18(28)19(29)9-17(14)27)36-25(33)32-20-5-4-13(6-16(20)26)37-24-15-8-22(34-2)23(35-3)10-21(15)30-11-31-24/h4-12H,1-3H3,(H,32,33). The summed E-state index contributed by atoms with van der Waals surface area (Å²) >= 11 is 6.29. The van der Waals surface area contributed by atoms with Crippen LogP contribution in [0.2, 0.25) is 5.02 Å². The van der Waals surface area contributed by atoms with E-state index in [0.29, 0.717) is 40.3 Å². The van der Waals surface area contributed by atoms with Gasteiger partial charge in [0.2, 0.25) is 5.88 Å². The first-order valence-electron chi connectivity index (χ1n) is 10.7. The predicted molar refractivity (Wildman–Crippen MR) is 129 cm³/mol. The van der Waals surface area contributed by atoms with Crippen molar-refractivity contribution in [3.8, 4) is 23.1 Å². The first-order chi connectivity index (χ1) is 17.7. The summed E-state index contributed by atoms with van der Waals surface area (Å²) < 4.78 is 62.1. The Morgan fingerprint density at radius 2 is 1.65 bits per heavy atom. The number of nitrogens with zero attached hydrogens (tertiary/aromatic N) is 2. The van der Waals surface area contributed by atoms with Crippen molar-refractivity contribution in [2.45, 2.75) is 13.0 Å². The SMILES string of the molecule is COc1cc2ncnc(Oc3ccc(NC(=O)OC(C)c4cc(F)c(F)cc4F)c(Cl)c3)c2cc1OC. The molecule has 1 atom stereocenters. The Hall–Kier alpha value is -4.25. The fraction of sp³-hybridized carbons (Fsp3) is 0.160. The lowest BCUT2D eigenvalue weighted by Crippen LogP contribution is -2.17. The van der Waals surface area contributed by atoms with Gasteiger partial charge in [-0.05, 0) is 31.2 Å². The monoisotopic (exact) mass is 533 g/mol. The molecular weight excluding hydrogens is 515 g/mol. The van der Waals surface area contributed by atoms with Crippen LogP contribution in [0.4, 0.5) is 23.7 Å². The van der Waals surface area contributed by atoms with Crippen molar-refractivity contribution in [3.05, 3.63) is 76.8 Å². The highest BCUT2D eigenvalue weighted by molar-refractivity contribution is 6.33. The normalized spacial score (nSPS) is 11.6. The van der Waals surface area contributed by atoms with Gasteiger partial charge in [0.05, 0.1) is 35.8 Å². The van der Waals surface area contributed by atoms with Crippen molar-refractivity contribution in [3.63, 3.8) is 0 Å². The molecule has 192 valence electrons. The third kappa shape index (κ3) is 5.61. The third-order valence-electron chi connectivity index (χ3n) is 5.26. The maximum Gasteiger partial charge on any atom is 0.412 e. The van der Waals surface area contributed by atoms with Gasteiger partial charge in [-0.15, -0.1) is 0 Å². The second-order valence-electron chi connectivity index (χ2n) is 7.61. The zero-order chi connectivity index (χ0) is 26.7. The molecule has 1 N–H and O–H groups in total. The zero-order valence-corrected chi connectivity index (χ0v) is 20.4. The number of aromatic nitrogens is 2. The summed E-state index contributed by atoms with van der Waals surface area (Å²) in [5.74, 6) is -2.18. The molecule has 0 saturated heterocycles. The number of hydrogen-bond donors (Lipinski definition) is 1. The van der Waals surface area contributed by atoms with Crippen LogP contribution in [0.15, 0.2) is 48.8 Å². The maximum atomic E-state index is 13.9. The highest BCUT2D eigenvalue weighted by Gasteiger charge is 2.20. The van der Waals surface area contributed by atoms with Crippen molar-refractivity contribution < 1.29 is 36.9 Å². The Labute approximate surface area is 213 Å². The highest BCUT2D eigenvalue weighted by atomic mass is 35.5. The highest BCUT2D eigenvalue weighted by Crippen LogP contribution is 2.37. The lowest BCUT2D eigenvalue weighted by Gasteiger charge is -2.16. The Kier molecular flexibility index (Phi) is 7.53. The van der Waals surface area contributed by atoms with Gasteiger partial charge >= 0.3 is 6.09 Å². The van der Waals surface area contributed by atoms with Gasteiger partial charge in [-0.25, -0.2) is 27.9 Å². The molecule has 37 heavy (non-hydrogen) atoms. The van der Waals surface area contributed by atoms with Crippen LogP contribution in [0.1, 0.15) is 18.6 Å². The van der Waals surface area contributed by atoms with Crippen molar-refractivity contribution in [2.75, 3.05) is 19.5 Å². The van der Waals surface area contributed by atoms with Crippen LogP contribution in [-0.4, -0.2) is 30.3 Å². The summed E-state index contributed by atoms with van der Waals surface area (Å²) in [5.41, 5.74) is 0.396. The van der Waals surface area contributed by atoms with E-state index in [0.717, 1.165) is 0 Å². The Morgan fingerprint density at radius 3 is 2.35 bits per heavy atom. The number of nitrogens with one attached hydrogen (secondary N) is 1. The molecule has 1 heterocycles. The first kappa shape index (κ1) is 25.8. The average molecular weight is 534 g/mol. The van der Waals surface area contributed by atoms with Crippen LogP contribution in [0.25, 0.3) is 10.9 Å². The minimum Gasteiger partial charge on any atom is -0.493 e. The van der Waals surface area contributed by atoms with E-state index in [1.54, 1.807) is 12.1 Å². The number of methoxy groups -OCH3 is 2. The average Bonchev–Trinajstić information content (AvgIpc) is 2.87. The number of halogens is 4. The molecule has 0 bridgehead atoms. The minimum atomic E-state index is -1.35. The second kappa shape index (κ2) is 10.8. The molecule has 0 fully saturated rings. The Morgan fingerprint density at radius 1 is 0.946 bits per heavy atom. The minimum absolute atomic E-state index is 0.0960. The smallest absolute Gasteiger partial charge is 0.412 e. The van der Waals surface area contributed by atoms with E-state index in [-0.39, 0.29) is 22.2 Å². The molecule has 4 aromatic rings. The molecule has 0 aliphatic heterocycles. The van der Waals surface area contributed by atoms with Gasteiger partial charge in [0.25, 0.3) is 0 Å². The van der Waals surface area contributed by atoms with Gasteiger partial charge in [0, 0.05) is 23.8 Å². The summed E-state index contributed by atoms with van der Waals surface area (Å²) in [5, 5.41) is 3.06. The van der Waals surface area contributed by atoms with Gasteiger partial charge < -0.3 is 18.9 Å². The molecular formula is C25H19ClF3N3O5. The van der Waals surface area contributed by atoms with Gasteiger partial charge in [-0.2, -0.15) is 0 Å². The zero-order valence-electron chi connectivity index (χ0n) is 19.6. The lowest BCUT2D eigenvalue weighted by atomic mass is 10.1. The van der Waals surface area contributed by atoms with Crippen LogP contribution in [0.5, 0.6) is 23.1 Å². The quantitative estimate of drug-likeness (QED) is 0.261. The summed E-state index contributed by atoms with van der Waals surface area (Å²) in [6.45, 7) is 1.31. The summed E-state index contributed by atoms with van der Waals surface area (Å²) in [7, 11) is 3.01. The molecule has 4 rings (SSSR count). The molecule has 0 radical (unpaired) electrons. The van der Waals surface area contributed by atoms with Gasteiger partial charge in [0.15, 0.2) is 23.1 Å². The molecule has 0 aliphatic rings. The van der Waals surface area contributed by atoms with E-state index >= 15 is 0 Å². The summed E-state index contributed by atoms with van der Waals surface area (Å²) in [4.78, 5) is 20.7. The fourth-order valence-corrected chi connectivity index (χ4v) is 3.64. The molecule has 1 unspecified atom stereocenters. The van der Waals surface area contributed by atoms with Crippen molar-refractivity contribution in [1.29, 1.82) is 0 Å². The molecule has 0 aliphatic carbocycles. The number of anilines is 1. The van der Waals surface area contributed by atoms with E-state index in [1.165, 1.54) is 45.7 Å². The van der Waals surface area contributed by atoms with E-state index in [1.807, 2.05) is 0 Å². The molecule has 1 amide bonds. The van der Waals surface area contributed by atoms with Crippen LogP contribution in [0.3, 0.4) is 0 Å². The number of fused-ring (bicyclic) bond motifs is 1. The van der Waals surface area contributed by atoms with Crippen LogP contribution < -0.4 is 19.5 Å². The molecule has 3 aromatic carbocycles. The fourth-order valence-electron chi connectivity index (χ4n) is 3.43. The first-order valence-corrected chi connectivity index (χ1v) is 11.0. The largest absolute Gasteiger partial charge is 0.493 e. The van der Waals surface area contributed by atoms with E-state index in [4.69, 9.17) is 30.5 Å². The number of rotatable bonds is 7. The van der Waals surface area contributed by atoms with Crippen molar-refractivity contribution >= 4 is 34.3 Å². The Balaban J connectivity index is 1.49. The Bertz CT molecular complexity index is 1490. The van der Waals surface area contributed by atoms with Crippen LogP contribution >= 0.6 is 11.6 Å². The molecule has 8 nitrogen and oxygen atoms in total. The number of carbonyl (C=O) groups is 1. The molecule has 0 spiro atoms. The molecule has 1 aromatic heterocycles. The topological polar surface area (TPSA) is 91.8 Å². The van der Waals surface area contributed by atoms with E-state index in [9.17, 15) is 18.0 Å². The number of hydrogen-bond acceptors (Lipinski definition) is 7.